The summed E-state index contributed by atoms with van der Waals surface area (Å²) in [6.07, 6.45) is -7.83. The molecule has 2 heterocycles. The Morgan fingerprint density at radius 1 is 0.197 bits per heavy atom. The van der Waals surface area contributed by atoms with Gasteiger partial charge in [0.2, 0.25) is 23.3 Å². The van der Waals surface area contributed by atoms with Crippen molar-refractivity contribution in [3.8, 4) is 46.0 Å². The van der Waals surface area contributed by atoms with Gasteiger partial charge in [0.15, 0.2) is 93.1 Å². The molecule has 15 aromatic rings. The Kier molecular flexibility index (Phi) is 20.4. The first-order chi connectivity index (χ1) is 58.6. The first-order valence-corrected chi connectivity index (χ1v) is 36.8. The van der Waals surface area contributed by atoms with E-state index in [0.29, 0.717) is 9.80 Å². The molecule has 0 saturated carbocycles. The molecule has 30 heteroatoms. The van der Waals surface area contributed by atoms with Crippen LogP contribution in [-0.4, -0.2) is 23.6 Å². The van der Waals surface area contributed by atoms with Crippen LogP contribution in [-0.2, 0) is 51.4 Å². The van der Waals surface area contributed by atoms with Gasteiger partial charge >= 0.3 is 0 Å². The molecule has 2 aliphatic heterocycles. The van der Waals surface area contributed by atoms with Crippen molar-refractivity contribution < 1.29 is 126 Å². The minimum atomic E-state index is -2.52. The highest BCUT2D eigenvalue weighted by Crippen LogP contribution is 2.59. The topological polar surface area (TPSA) is 112 Å². The Hall–Kier alpha value is -14.3. The first-order valence-electron chi connectivity index (χ1n) is 36.8. The van der Waals surface area contributed by atoms with Crippen LogP contribution in [0.15, 0.2) is 182 Å². The summed E-state index contributed by atoms with van der Waals surface area (Å²) in [5.74, 6) is -54.0. The third-order valence-corrected chi connectivity index (χ3v) is 21.4. The van der Waals surface area contributed by atoms with Crippen molar-refractivity contribution in [1.82, 2.24) is 0 Å². The van der Waals surface area contributed by atoms with E-state index in [0.717, 1.165) is 48.5 Å². The van der Waals surface area contributed by atoms with E-state index in [2.05, 4.69) is 0 Å². The quantitative estimate of drug-likeness (QED) is 0.0165. The summed E-state index contributed by atoms with van der Waals surface area (Å²) in [6, 6.07) is 41.9. The second-order valence-electron chi connectivity index (χ2n) is 28.3. The van der Waals surface area contributed by atoms with Crippen molar-refractivity contribution in [2.45, 2.75) is 51.4 Å². The molecule has 122 heavy (non-hydrogen) atoms. The lowest BCUT2D eigenvalue weighted by atomic mass is 9.80. The van der Waals surface area contributed by atoms with Crippen LogP contribution in [0.25, 0.3) is 43.1 Å². The maximum atomic E-state index is 16.7. The van der Waals surface area contributed by atoms with Crippen LogP contribution in [0.4, 0.5) is 99.2 Å². The second kappa shape index (κ2) is 31.1. The Morgan fingerprint density at radius 2 is 0.377 bits per heavy atom. The van der Waals surface area contributed by atoms with E-state index in [1.165, 1.54) is 109 Å². The number of benzene rings is 15. The highest BCUT2D eigenvalue weighted by atomic mass is 19.2. The number of fused-ring (bicyclic) bond motifs is 2. The third kappa shape index (κ3) is 13.1. The first kappa shape index (κ1) is 80.1. The summed E-state index contributed by atoms with van der Waals surface area (Å²) in [5.41, 5.74) is -10.1. The number of ether oxygens (including phenoxy) is 4. The molecule has 612 valence electrons. The van der Waals surface area contributed by atoms with Gasteiger partial charge in [0.25, 0.3) is 23.6 Å². The van der Waals surface area contributed by atoms with Gasteiger partial charge in [-0.1, -0.05) is 109 Å². The number of imide groups is 2. The standard InChI is InChI=1S/C92H46F20N2O8/c93-67-47(68(94)76(102)83(109)75(67)101)31-27-39-15-13-16-40(28-32-48-69(95)77(103)84(110)78(104)70(48)96)87(39)113-89(115)51-35-55(119-43-19-5-1-6-20-43)61-62-56(120-44-21-7-2-8-22-44)36-53-60-54(38-58(122-46-25-11-4-12-26-46)64(66(60)62)63-57(121-45-23-9-3-10-24-45)37-52(90(113)116)59(51)65(61)63)92(118)114(91(53)117)88-41(29-33-49-71(97)79(105)85(111)80(106)72(49)98)17-14-18-42(88)30-34-50-73(99)81(107)86(112)82(108)74(50)100/h1-26,35-38H,27-34H2. The van der Waals surface area contributed by atoms with Crippen LogP contribution < -0.4 is 28.7 Å². The van der Waals surface area contributed by atoms with Gasteiger partial charge < -0.3 is 18.9 Å². The SMILES string of the molecule is O=C1c2cc(Oc3ccccc3)c3c4c(Oc5ccccc5)cc5c6c(cc(Oc7ccccc7)c(c7c(Oc8ccccc8)cc(c2c37)C(=O)N1c1c(CCc2c(F)c(F)c(F)c(F)c2F)cccc1CCc1c(F)c(F)c(F)c(F)c1F)c64)C(=O)N(c1c(CCc2c(F)c(F)c(F)c(F)c2F)cccc1CCc1c(F)c(F)c(F)c(F)c1F)C5=O. The number of rotatable bonds is 22. The normalized spacial score (nSPS) is 12.7. The number of amides is 4. The molecule has 0 atom stereocenters. The molecule has 4 amide bonds. The van der Waals surface area contributed by atoms with Crippen LogP contribution in [0, 0.1) is 116 Å². The molecule has 15 aromatic carbocycles. The summed E-state index contributed by atoms with van der Waals surface area (Å²) in [4.78, 5) is 67.7. The van der Waals surface area contributed by atoms with Crippen LogP contribution in [0.1, 0.15) is 85.9 Å². The molecule has 0 unspecified atom stereocenters. The number of para-hydroxylation sites is 6. The van der Waals surface area contributed by atoms with Crippen molar-refractivity contribution in [1.29, 1.82) is 0 Å². The van der Waals surface area contributed by atoms with Gasteiger partial charge in [-0.3, -0.25) is 19.2 Å². The number of halogens is 20. The van der Waals surface area contributed by atoms with Crippen molar-refractivity contribution >= 4 is 78.1 Å². The van der Waals surface area contributed by atoms with Gasteiger partial charge in [0.05, 0.1) is 33.6 Å². The molecule has 17 rings (SSSR count). The zero-order chi connectivity index (χ0) is 86.0. The molecule has 0 aliphatic carbocycles. The summed E-state index contributed by atoms with van der Waals surface area (Å²) in [6.45, 7) is 0. The average Bonchev–Trinajstić information content (AvgIpc) is 0.668. The Labute approximate surface area is 673 Å². The number of hydrogen-bond acceptors (Lipinski definition) is 8. The molecule has 10 nitrogen and oxygen atoms in total. The van der Waals surface area contributed by atoms with Gasteiger partial charge in [0, 0.05) is 65.3 Å². The zero-order valence-corrected chi connectivity index (χ0v) is 61.7. The van der Waals surface area contributed by atoms with Crippen LogP contribution in [0.2, 0.25) is 0 Å². The number of hydrogen-bond donors (Lipinski definition) is 0. The fourth-order valence-corrected chi connectivity index (χ4v) is 15.9. The number of carbonyl (C=O) groups excluding carboxylic acids is 4. The van der Waals surface area contributed by atoms with E-state index in [1.807, 2.05) is 0 Å². The molecule has 0 fully saturated rings. The molecule has 0 radical (unpaired) electrons. The maximum absolute atomic E-state index is 16.7. The predicted octanol–water partition coefficient (Wildman–Crippen LogP) is 24.4. The van der Waals surface area contributed by atoms with E-state index in [1.54, 1.807) is 24.3 Å². The van der Waals surface area contributed by atoms with Gasteiger partial charge in [-0.25, -0.2) is 97.6 Å². The molecular formula is C92H46F20N2O8. The fourth-order valence-electron chi connectivity index (χ4n) is 15.9. The Morgan fingerprint density at radius 3 is 0.566 bits per heavy atom. The molecule has 0 aromatic heterocycles. The van der Waals surface area contributed by atoms with Gasteiger partial charge in [-0.2, -0.15) is 0 Å². The van der Waals surface area contributed by atoms with Crippen LogP contribution in [0.5, 0.6) is 46.0 Å². The number of carbonyl (C=O) groups is 4. The van der Waals surface area contributed by atoms with Crippen LogP contribution >= 0.6 is 0 Å². The van der Waals surface area contributed by atoms with Gasteiger partial charge in [0.1, 0.15) is 46.0 Å². The van der Waals surface area contributed by atoms with E-state index in [4.69, 9.17) is 18.9 Å². The Bertz CT molecular complexity index is 6080. The minimum absolute atomic E-state index is 0.0122. The summed E-state index contributed by atoms with van der Waals surface area (Å²) < 4.78 is 332. The fraction of sp³-hybridized carbons (Fsp3) is 0.0870. The van der Waals surface area contributed by atoms with Crippen molar-refractivity contribution in [3.63, 3.8) is 0 Å². The van der Waals surface area contributed by atoms with Gasteiger partial charge in [-0.15, -0.1) is 0 Å². The lowest BCUT2D eigenvalue weighted by Crippen LogP contribution is -2.42. The molecule has 0 bridgehead atoms. The number of nitrogens with zero attached hydrogens (tertiary/aromatic N) is 2. The molecule has 0 N–H and O–H groups in total. The third-order valence-electron chi connectivity index (χ3n) is 21.4. The lowest BCUT2D eigenvalue weighted by molar-refractivity contribution is 0.0877. The van der Waals surface area contributed by atoms with Gasteiger partial charge in [-0.05, 0) is 146 Å². The highest BCUT2D eigenvalue weighted by molar-refractivity contribution is 6.48. The lowest BCUT2D eigenvalue weighted by Gasteiger charge is -2.34. The van der Waals surface area contributed by atoms with E-state index >= 15 is 89.4 Å². The Balaban J connectivity index is 0.961. The molecular weight excluding hydrogens is 1640 g/mol. The van der Waals surface area contributed by atoms with Crippen molar-refractivity contribution in [2.75, 3.05) is 9.80 Å². The highest BCUT2D eigenvalue weighted by Gasteiger charge is 2.45. The maximum Gasteiger partial charge on any atom is 0.266 e. The summed E-state index contributed by atoms with van der Waals surface area (Å²) in [7, 11) is 0. The minimum Gasteiger partial charge on any atom is -0.457 e. The number of anilines is 2. The van der Waals surface area contributed by atoms with Crippen LogP contribution in [0.3, 0.4) is 0 Å². The average molecular weight is 1690 g/mol. The monoisotopic (exact) mass is 1690 g/mol. The van der Waals surface area contributed by atoms with Crippen molar-refractivity contribution in [2.24, 2.45) is 0 Å². The smallest absolute Gasteiger partial charge is 0.266 e. The predicted molar refractivity (Wildman–Crippen MR) is 403 cm³/mol. The molecule has 2 aliphatic rings. The second-order valence-corrected chi connectivity index (χ2v) is 28.3. The largest absolute Gasteiger partial charge is 0.457 e. The van der Waals surface area contributed by atoms with E-state index < -0.39 is 247 Å². The molecule has 0 spiro atoms. The number of aryl methyl sites for hydroxylation is 4. The summed E-state index contributed by atoms with van der Waals surface area (Å²) in [5, 5.41) is -1.57. The molecule has 0 saturated heterocycles. The van der Waals surface area contributed by atoms with E-state index in [9.17, 15) is 17.6 Å². The van der Waals surface area contributed by atoms with Crippen molar-refractivity contribution in [3.05, 3.63) is 365 Å². The van der Waals surface area contributed by atoms with E-state index in [-0.39, 0.29) is 111 Å². The zero-order valence-electron chi connectivity index (χ0n) is 61.7. The summed E-state index contributed by atoms with van der Waals surface area (Å²) >= 11 is 0.